The van der Waals surface area contributed by atoms with E-state index in [1.165, 1.54) is 19.3 Å². The zero-order valence-electron chi connectivity index (χ0n) is 11.1. The van der Waals surface area contributed by atoms with Gasteiger partial charge in [-0.05, 0) is 30.5 Å². The van der Waals surface area contributed by atoms with Gasteiger partial charge in [0.15, 0.2) is 6.79 Å². The highest BCUT2D eigenvalue weighted by Crippen LogP contribution is 2.44. The van der Waals surface area contributed by atoms with Crippen LogP contribution in [0.3, 0.4) is 0 Å². The molecule has 2 aliphatic rings. The second-order valence-electron chi connectivity index (χ2n) is 5.60. The summed E-state index contributed by atoms with van der Waals surface area (Å²) in [6.07, 6.45) is 6.01. The first-order valence-corrected chi connectivity index (χ1v) is 7.36. The van der Waals surface area contributed by atoms with Crippen molar-refractivity contribution in [2.24, 2.45) is 5.73 Å². The maximum absolute atomic E-state index is 6.50. The molecular weight excluding hydrogens is 262 g/mol. The molecule has 1 fully saturated rings. The average Bonchev–Trinajstić information content (AvgIpc) is 2.47. The van der Waals surface area contributed by atoms with E-state index < -0.39 is 0 Å². The fourth-order valence-corrected chi connectivity index (χ4v) is 3.70. The largest absolute Gasteiger partial charge is 0.467 e. The van der Waals surface area contributed by atoms with E-state index in [1.807, 2.05) is 6.07 Å². The van der Waals surface area contributed by atoms with Gasteiger partial charge in [-0.1, -0.05) is 30.9 Å². The van der Waals surface area contributed by atoms with E-state index in [1.54, 1.807) is 0 Å². The lowest BCUT2D eigenvalue weighted by atomic mass is 9.69. The number of ether oxygens (including phenoxy) is 2. The highest BCUT2D eigenvalue weighted by atomic mass is 35.5. The Morgan fingerprint density at radius 1 is 1.21 bits per heavy atom. The first-order valence-electron chi connectivity index (χ1n) is 6.99. The zero-order chi connectivity index (χ0) is 13.3. The first-order chi connectivity index (χ1) is 9.25. The van der Waals surface area contributed by atoms with Crippen LogP contribution >= 0.6 is 11.6 Å². The van der Waals surface area contributed by atoms with Gasteiger partial charge in [0, 0.05) is 22.5 Å². The fraction of sp³-hybridized carbons (Fsp3) is 0.600. The van der Waals surface area contributed by atoms with Crippen LogP contribution in [0.1, 0.15) is 43.2 Å². The van der Waals surface area contributed by atoms with Crippen molar-refractivity contribution in [1.82, 2.24) is 0 Å². The van der Waals surface area contributed by atoms with Crippen LogP contribution in [0.25, 0.3) is 0 Å². The van der Waals surface area contributed by atoms with Gasteiger partial charge in [-0.25, -0.2) is 0 Å². The molecule has 1 aromatic carbocycles. The summed E-state index contributed by atoms with van der Waals surface area (Å²) in [4.78, 5) is 0. The second kappa shape index (κ2) is 5.31. The summed E-state index contributed by atoms with van der Waals surface area (Å²) in [5, 5.41) is 0.806. The van der Waals surface area contributed by atoms with Crippen LogP contribution in [0.2, 0.25) is 5.02 Å². The molecule has 104 valence electrons. The lowest BCUT2D eigenvalue weighted by molar-refractivity contribution is -0.0165. The number of rotatable bonds is 2. The van der Waals surface area contributed by atoms with Gasteiger partial charge in [-0.2, -0.15) is 0 Å². The molecule has 0 spiro atoms. The van der Waals surface area contributed by atoms with Crippen molar-refractivity contribution in [3.05, 3.63) is 28.3 Å². The lowest BCUT2D eigenvalue weighted by Gasteiger charge is -2.38. The summed E-state index contributed by atoms with van der Waals surface area (Å²) in [5.74, 6) is 0.907. The number of fused-ring (bicyclic) bond motifs is 1. The zero-order valence-corrected chi connectivity index (χ0v) is 11.8. The Labute approximate surface area is 119 Å². The maximum Gasteiger partial charge on any atom is 0.189 e. The van der Waals surface area contributed by atoms with Crippen molar-refractivity contribution in [3.8, 4) is 5.75 Å². The molecule has 0 amide bonds. The first kappa shape index (κ1) is 13.2. The SMILES string of the molecule is NCC1(c2cc3c(cc2Cl)COCO3)CCCCC1. The minimum absolute atomic E-state index is 0.0338. The minimum atomic E-state index is 0.0338. The van der Waals surface area contributed by atoms with Gasteiger partial charge >= 0.3 is 0 Å². The van der Waals surface area contributed by atoms with Crippen LogP contribution in [-0.2, 0) is 16.8 Å². The standard InChI is InChI=1S/C15H20ClNO2/c16-13-6-11-8-18-10-19-14(11)7-12(13)15(9-17)4-2-1-3-5-15/h6-7H,1-5,8-10,17H2. The molecule has 1 heterocycles. The third-order valence-electron chi connectivity index (χ3n) is 4.48. The quantitative estimate of drug-likeness (QED) is 0.904. The van der Waals surface area contributed by atoms with Gasteiger partial charge in [0.1, 0.15) is 5.75 Å². The number of hydrogen-bond acceptors (Lipinski definition) is 3. The van der Waals surface area contributed by atoms with Crippen molar-refractivity contribution in [2.75, 3.05) is 13.3 Å². The van der Waals surface area contributed by atoms with Crippen LogP contribution in [0.4, 0.5) is 0 Å². The monoisotopic (exact) mass is 281 g/mol. The van der Waals surface area contributed by atoms with Gasteiger partial charge in [0.05, 0.1) is 6.61 Å². The van der Waals surface area contributed by atoms with Gasteiger partial charge in [0.2, 0.25) is 0 Å². The molecule has 3 rings (SSSR count). The maximum atomic E-state index is 6.50. The van der Waals surface area contributed by atoms with Crippen LogP contribution in [0.15, 0.2) is 12.1 Å². The third kappa shape index (κ3) is 2.35. The van der Waals surface area contributed by atoms with Crippen molar-refractivity contribution >= 4 is 11.6 Å². The molecule has 3 nitrogen and oxygen atoms in total. The molecule has 0 atom stereocenters. The number of hydrogen-bond donors (Lipinski definition) is 1. The fourth-order valence-electron chi connectivity index (χ4n) is 3.32. The van der Waals surface area contributed by atoms with E-state index in [0.29, 0.717) is 19.9 Å². The minimum Gasteiger partial charge on any atom is -0.467 e. The Kier molecular flexibility index (Phi) is 3.70. The van der Waals surface area contributed by atoms with E-state index in [2.05, 4.69) is 6.07 Å². The van der Waals surface area contributed by atoms with E-state index in [-0.39, 0.29) is 5.41 Å². The molecule has 0 aromatic heterocycles. The number of nitrogens with two attached hydrogens (primary N) is 1. The molecule has 1 aliphatic carbocycles. The number of halogens is 1. The molecule has 0 radical (unpaired) electrons. The van der Waals surface area contributed by atoms with Gasteiger partial charge in [-0.15, -0.1) is 0 Å². The predicted molar refractivity (Wildman–Crippen MR) is 75.6 cm³/mol. The smallest absolute Gasteiger partial charge is 0.189 e. The highest BCUT2D eigenvalue weighted by molar-refractivity contribution is 6.31. The van der Waals surface area contributed by atoms with Gasteiger partial charge in [0.25, 0.3) is 0 Å². The number of benzene rings is 1. The van der Waals surface area contributed by atoms with E-state index in [9.17, 15) is 0 Å². The van der Waals surface area contributed by atoms with Gasteiger partial charge in [-0.3, -0.25) is 0 Å². The second-order valence-corrected chi connectivity index (χ2v) is 6.00. The van der Waals surface area contributed by atoms with Crippen molar-refractivity contribution in [2.45, 2.75) is 44.1 Å². The predicted octanol–water partition coefficient (Wildman–Crippen LogP) is 3.37. The Balaban J connectivity index is 2.03. The summed E-state index contributed by atoms with van der Waals surface area (Å²) in [6.45, 7) is 1.55. The molecular formula is C15H20ClNO2. The van der Waals surface area contributed by atoms with E-state index in [4.69, 9.17) is 26.8 Å². The molecule has 1 saturated carbocycles. The van der Waals surface area contributed by atoms with Crippen LogP contribution in [0, 0.1) is 0 Å². The summed E-state index contributed by atoms with van der Waals surface area (Å²) in [6, 6.07) is 4.08. The molecule has 1 aromatic rings. The van der Waals surface area contributed by atoms with Gasteiger partial charge < -0.3 is 15.2 Å². The molecule has 0 unspecified atom stereocenters. The van der Waals surface area contributed by atoms with Crippen molar-refractivity contribution in [1.29, 1.82) is 0 Å². The Morgan fingerprint density at radius 2 is 2.00 bits per heavy atom. The molecule has 2 N–H and O–H groups in total. The van der Waals surface area contributed by atoms with Crippen LogP contribution in [-0.4, -0.2) is 13.3 Å². The summed E-state index contributed by atoms with van der Waals surface area (Å²) in [5.41, 5.74) is 8.32. The Morgan fingerprint density at radius 3 is 2.74 bits per heavy atom. The third-order valence-corrected chi connectivity index (χ3v) is 4.79. The average molecular weight is 282 g/mol. The van der Waals surface area contributed by atoms with Crippen molar-refractivity contribution < 1.29 is 9.47 Å². The Hall–Kier alpha value is -0.770. The summed E-state index contributed by atoms with van der Waals surface area (Å²) in [7, 11) is 0. The van der Waals surface area contributed by atoms with Crippen LogP contribution < -0.4 is 10.5 Å². The topological polar surface area (TPSA) is 44.5 Å². The van der Waals surface area contributed by atoms with Crippen molar-refractivity contribution in [3.63, 3.8) is 0 Å². The van der Waals surface area contributed by atoms with E-state index >= 15 is 0 Å². The summed E-state index contributed by atoms with van der Waals surface area (Å²) >= 11 is 6.50. The van der Waals surface area contributed by atoms with Crippen LogP contribution in [0.5, 0.6) is 5.75 Å². The normalized spacial score (nSPS) is 21.6. The Bertz CT molecular complexity index is 469. The molecule has 4 heteroatoms. The lowest BCUT2D eigenvalue weighted by Crippen LogP contribution is -2.37. The van der Waals surface area contributed by atoms with E-state index in [0.717, 1.165) is 34.7 Å². The molecule has 1 aliphatic heterocycles. The summed E-state index contributed by atoms with van der Waals surface area (Å²) < 4.78 is 10.9. The molecule has 19 heavy (non-hydrogen) atoms. The highest BCUT2D eigenvalue weighted by Gasteiger charge is 2.35. The molecule has 0 saturated heterocycles. The molecule has 0 bridgehead atoms.